The summed E-state index contributed by atoms with van der Waals surface area (Å²) >= 11 is 2.32. The minimum Gasteiger partial charge on any atom is -0.414 e. The Morgan fingerprint density at radius 1 is 0.590 bits per heavy atom. The second-order valence-corrected chi connectivity index (χ2v) is 64.9. The van der Waals surface area contributed by atoms with Gasteiger partial charge in [-0.25, -0.2) is 8.42 Å². The Balaban J connectivity index is 1.29. The van der Waals surface area contributed by atoms with Crippen LogP contribution in [0.15, 0.2) is 63.6 Å². The molecule has 0 aliphatic carbocycles. The second kappa shape index (κ2) is 33.9. The molecule has 0 radical (unpaired) electrons. The monoisotopic (exact) mass is 1620 g/mol. The molecule has 0 saturated carbocycles. The molecule has 0 amide bonds. The molecule has 1 aromatic rings. The van der Waals surface area contributed by atoms with Gasteiger partial charge in [0.25, 0.3) is 0 Å². The zero-order chi connectivity index (χ0) is 75.0. The number of fused-ring (bicyclic) bond motifs is 1. The third kappa shape index (κ3) is 21.6. The molecule has 0 spiro atoms. The van der Waals surface area contributed by atoms with Gasteiger partial charge >= 0.3 is 0 Å². The maximum Gasteiger partial charge on any atom is 0.193 e. The van der Waals surface area contributed by atoms with Gasteiger partial charge in [0.05, 0.1) is 97.1 Å². The molecule has 6 aliphatic heterocycles. The van der Waals surface area contributed by atoms with Gasteiger partial charge in [-0.05, 0) is 195 Å². The van der Waals surface area contributed by atoms with E-state index in [-0.39, 0.29) is 79.4 Å². The van der Waals surface area contributed by atoms with Crippen molar-refractivity contribution in [1.29, 1.82) is 0 Å². The predicted molar refractivity (Wildman–Crippen MR) is 428 cm³/mol. The molecular formula is C78H141IO15SSi5. The van der Waals surface area contributed by atoms with Crippen molar-refractivity contribution >= 4 is 74.0 Å². The number of ether oxygens (including phenoxy) is 8. The summed E-state index contributed by atoms with van der Waals surface area (Å²) in [5.41, 5.74) is 3.09. The van der Waals surface area contributed by atoms with Crippen molar-refractivity contribution in [2.45, 2.75) is 393 Å². The molecule has 6 aliphatic rings. The first-order valence-corrected chi connectivity index (χ1v) is 55.5. The van der Waals surface area contributed by atoms with Crippen LogP contribution in [0.5, 0.6) is 0 Å². The van der Waals surface area contributed by atoms with Gasteiger partial charge in [-0.3, -0.25) is 0 Å². The topological polar surface area (TPSA) is 154 Å². The standard InChI is InChI=1S/C78H141IO15SSi5/c1-52-30-38-59(39-31-52)95(80,81)66(42-36-56-35-41-61-70(88-56)72(93-99(26,27)77(13,14)15)73(94-100(28,29)78(16,17)18)71(90-61)62(44-45-79)92-98(24,25)76(10,11)12)68-64(89-65(69(68)82-19)49-58(91-97(22,23)75(7,8)9)51-85-96(20,21)74(4,5)6)50-63-53(2)32-33-55(86-63)34-40-60-54(3)48-57(87-60)37-43-67-83-46-47-84-67/h30-31,38-39,44-45,55-58,60-73H,2-3,32-37,40-43,46-51H2,1,4-29H3/b45-44+/t55-,56-,57+,58?,60+,61+,62+,63-,64+,65-,66?,68-,69-,70?,71-,72?,73?/m1/s1. The Morgan fingerprint density at radius 3 is 1.69 bits per heavy atom. The molecule has 100 heavy (non-hydrogen) atoms. The number of halogens is 1. The average molecular weight is 1620 g/mol. The zero-order valence-corrected chi connectivity index (χ0v) is 75.5. The molecule has 7 rings (SSSR count). The molecule has 0 bridgehead atoms. The second-order valence-electron chi connectivity index (χ2n) is 38.2. The van der Waals surface area contributed by atoms with E-state index in [1.807, 2.05) is 19.1 Å². The minimum absolute atomic E-state index is 0.0366. The summed E-state index contributed by atoms with van der Waals surface area (Å²) in [4.78, 5) is 0.276. The number of benzene rings is 1. The highest BCUT2D eigenvalue weighted by atomic mass is 127. The van der Waals surface area contributed by atoms with Crippen LogP contribution >= 0.6 is 22.6 Å². The van der Waals surface area contributed by atoms with E-state index >= 15 is 8.42 Å². The molecule has 6 saturated heterocycles. The number of methoxy groups -OCH3 is 1. The lowest BCUT2D eigenvalue weighted by atomic mass is 9.83. The average Bonchev–Trinajstić information content (AvgIpc) is 1.26. The largest absolute Gasteiger partial charge is 0.414 e. The van der Waals surface area contributed by atoms with Crippen LogP contribution in [0.2, 0.25) is 90.7 Å². The van der Waals surface area contributed by atoms with Crippen molar-refractivity contribution < 1.29 is 68.4 Å². The molecule has 22 heteroatoms. The zero-order valence-electron chi connectivity index (χ0n) is 67.5. The Hall–Kier alpha value is -0.316. The number of hydrogen-bond acceptors (Lipinski definition) is 15. The molecule has 576 valence electrons. The van der Waals surface area contributed by atoms with Gasteiger partial charge in [-0.2, -0.15) is 0 Å². The summed E-state index contributed by atoms with van der Waals surface area (Å²) in [5.74, 6) is -0.643. The first kappa shape index (κ1) is 86.9. The summed E-state index contributed by atoms with van der Waals surface area (Å²) in [7, 11) is -14.6. The number of sulfone groups is 1. The highest BCUT2D eigenvalue weighted by Gasteiger charge is 2.60. The van der Waals surface area contributed by atoms with Crippen LogP contribution in [-0.2, 0) is 69.9 Å². The van der Waals surface area contributed by atoms with E-state index in [1.165, 1.54) is 0 Å². The fourth-order valence-corrected chi connectivity index (χ4v) is 22.6. The van der Waals surface area contributed by atoms with Crippen LogP contribution in [0, 0.1) is 12.8 Å². The van der Waals surface area contributed by atoms with Gasteiger partial charge in [0.1, 0.15) is 24.4 Å². The fraction of sp³-hybridized carbons (Fsp3) is 0.846. The van der Waals surface area contributed by atoms with E-state index in [0.29, 0.717) is 51.9 Å². The third-order valence-electron chi connectivity index (χ3n) is 25.5. The first-order chi connectivity index (χ1) is 45.8. The molecule has 6 heterocycles. The lowest BCUT2D eigenvalue weighted by Gasteiger charge is -2.56. The van der Waals surface area contributed by atoms with Gasteiger partial charge in [0.2, 0.25) is 0 Å². The Bertz CT molecular complexity index is 2960. The van der Waals surface area contributed by atoms with Crippen LogP contribution in [0.25, 0.3) is 0 Å². The summed E-state index contributed by atoms with van der Waals surface area (Å²) in [6, 6.07) is 7.37. The number of rotatable bonds is 30. The molecule has 1 aromatic carbocycles. The van der Waals surface area contributed by atoms with Gasteiger partial charge in [0.15, 0.2) is 57.7 Å². The molecule has 17 atom stereocenters. The maximum atomic E-state index is 16.4. The highest BCUT2D eigenvalue weighted by Crippen LogP contribution is 2.51. The van der Waals surface area contributed by atoms with Crippen molar-refractivity contribution in [3.8, 4) is 0 Å². The minimum atomic E-state index is -4.13. The Morgan fingerprint density at radius 2 is 1.13 bits per heavy atom. The molecule has 15 nitrogen and oxygen atoms in total. The molecule has 0 N–H and O–H groups in total. The van der Waals surface area contributed by atoms with Crippen LogP contribution < -0.4 is 0 Å². The first-order valence-electron chi connectivity index (χ1n) is 38.1. The predicted octanol–water partition coefficient (Wildman–Crippen LogP) is 19.7. The Kier molecular flexibility index (Phi) is 29.5. The summed E-state index contributed by atoms with van der Waals surface area (Å²) in [6.45, 7) is 70.1. The van der Waals surface area contributed by atoms with E-state index in [2.05, 4.69) is 215 Å². The van der Waals surface area contributed by atoms with Crippen molar-refractivity contribution in [2.75, 3.05) is 26.9 Å². The highest BCUT2D eigenvalue weighted by molar-refractivity contribution is 14.1. The van der Waals surface area contributed by atoms with Crippen LogP contribution in [0.1, 0.15) is 193 Å². The third-order valence-corrected chi connectivity index (χ3v) is 50.7. The van der Waals surface area contributed by atoms with Crippen LogP contribution in [0.3, 0.4) is 0 Å². The number of hydrogen-bond donors (Lipinski definition) is 0. The van der Waals surface area contributed by atoms with Gasteiger partial charge in [0, 0.05) is 32.3 Å². The van der Waals surface area contributed by atoms with Crippen LogP contribution in [0.4, 0.5) is 0 Å². The number of aryl methyl sites for hydroxylation is 1. The smallest absolute Gasteiger partial charge is 0.193 e. The van der Waals surface area contributed by atoms with Crippen LogP contribution in [-0.4, -0.2) is 180 Å². The van der Waals surface area contributed by atoms with Crippen molar-refractivity contribution in [2.24, 2.45) is 5.92 Å². The maximum absolute atomic E-state index is 16.4. The van der Waals surface area contributed by atoms with Crippen molar-refractivity contribution in [3.05, 3.63) is 64.3 Å². The van der Waals surface area contributed by atoms with E-state index in [9.17, 15) is 0 Å². The van der Waals surface area contributed by atoms with Crippen molar-refractivity contribution in [1.82, 2.24) is 0 Å². The normalized spacial score (nSPS) is 30.4. The van der Waals surface area contributed by atoms with Gasteiger partial charge < -0.3 is 60.0 Å². The van der Waals surface area contributed by atoms with E-state index in [0.717, 1.165) is 61.7 Å². The molecular weight excluding hydrogens is 1480 g/mol. The lowest BCUT2D eigenvalue weighted by molar-refractivity contribution is -0.267. The Labute approximate surface area is 627 Å². The quantitative estimate of drug-likeness (QED) is 0.0407. The SMILES string of the molecule is C=C1C[C@H](CCC2OCCO2)O[C@H]1CC[C@H]1CCC(=C)[C@@H](C[C@@H]2O[C@H](CC(CO[Si](C)(C)C(C)(C)C)O[Si](C)(C)C(C)(C)C)[C@@H](OC)[C@H]2C(CC[C@H]2CC[C@@H]3O[C@H]([C@H](/C=C/I)O[Si](C)(C)C(C)(C)C)C(O[Si](C)(C)C(C)(C)C)C(O[Si](C)(C)C(C)(C)C)C3O2)S(=O)(=O)c2ccc(C)cc2)O1. The van der Waals surface area contributed by atoms with Crippen molar-refractivity contribution in [3.63, 3.8) is 0 Å². The summed E-state index contributed by atoms with van der Waals surface area (Å²) in [6.07, 6.45) is 4.86. The van der Waals surface area contributed by atoms with Gasteiger partial charge in [-0.1, -0.05) is 157 Å². The molecule has 5 unspecified atom stereocenters. The fourth-order valence-electron chi connectivity index (χ4n) is 13.9. The van der Waals surface area contributed by atoms with E-state index in [1.54, 1.807) is 19.2 Å². The lowest BCUT2D eigenvalue weighted by Crippen LogP contribution is -2.69. The molecule has 0 aromatic heterocycles. The molecule has 6 fully saturated rings. The van der Waals surface area contributed by atoms with E-state index < -0.39 is 118 Å². The summed E-state index contributed by atoms with van der Waals surface area (Å²) in [5, 5.41) is -1.44. The van der Waals surface area contributed by atoms with E-state index in [4.69, 9.17) is 60.0 Å². The summed E-state index contributed by atoms with van der Waals surface area (Å²) < 4.78 is 128. The van der Waals surface area contributed by atoms with Gasteiger partial charge in [-0.15, -0.1) is 0 Å².